The van der Waals surface area contributed by atoms with Crippen LogP contribution in [0.3, 0.4) is 0 Å². The molecule has 0 aromatic heterocycles. The number of hydrogen-bond donors (Lipinski definition) is 3. The van der Waals surface area contributed by atoms with Gasteiger partial charge in [-0.15, -0.1) is 6.58 Å². The van der Waals surface area contributed by atoms with Crippen molar-refractivity contribution in [3.63, 3.8) is 0 Å². The van der Waals surface area contributed by atoms with Crippen LogP contribution in [-0.2, 0) is 19.3 Å². The minimum absolute atomic E-state index is 0.378. The summed E-state index contributed by atoms with van der Waals surface area (Å²) < 4.78 is 0. The van der Waals surface area contributed by atoms with E-state index in [1.807, 2.05) is 42.5 Å². The predicted octanol–water partition coefficient (Wildman–Crippen LogP) is 19.7. The summed E-state index contributed by atoms with van der Waals surface area (Å²) in [6.45, 7) is 8.17. The molecule has 0 heterocycles. The minimum Gasteiger partial charge on any atom is -0.508 e. The third kappa shape index (κ3) is 41.0. The number of allylic oxidation sites excluding steroid dienone is 11. The third-order valence-electron chi connectivity index (χ3n) is 11.6. The Morgan fingerprint density at radius 1 is 0.333 bits per heavy atom. The lowest BCUT2D eigenvalue weighted by Crippen LogP contribution is -1.86. The maximum absolute atomic E-state index is 9.41. The minimum atomic E-state index is 0.378. The number of aryl methyl sites for hydroxylation is 3. The van der Waals surface area contributed by atoms with Gasteiger partial charge in [-0.05, 0) is 169 Å². The highest BCUT2D eigenvalue weighted by atomic mass is 16.3. The monoisotopic (exact) mass is 901 g/mol. The zero-order chi connectivity index (χ0) is 47.6. The molecule has 0 saturated heterocycles. The first-order valence-corrected chi connectivity index (χ1v) is 26.7. The fourth-order valence-corrected chi connectivity index (χ4v) is 7.68. The number of phenolic OH excluding ortho intramolecular Hbond substituents is 3. The quantitative estimate of drug-likeness (QED) is 0.0399. The van der Waals surface area contributed by atoms with Crippen LogP contribution in [-0.4, -0.2) is 15.3 Å². The van der Waals surface area contributed by atoms with Crippen LogP contribution in [0.15, 0.2) is 146 Å². The molecule has 366 valence electrons. The number of rotatable bonds is 37. The molecule has 0 fully saturated rings. The molecule has 0 spiro atoms. The van der Waals surface area contributed by atoms with Gasteiger partial charge in [0.25, 0.3) is 0 Å². The topological polar surface area (TPSA) is 60.7 Å². The Kier molecular flexibility index (Phi) is 42.4. The lowest BCUT2D eigenvalue weighted by Gasteiger charge is -2.02. The molecule has 0 bridgehead atoms. The van der Waals surface area contributed by atoms with E-state index in [4.69, 9.17) is 0 Å². The summed E-state index contributed by atoms with van der Waals surface area (Å²) in [5.74, 6) is 1.15. The molecule has 0 unspecified atom stereocenters. The van der Waals surface area contributed by atoms with Crippen LogP contribution in [0.5, 0.6) is 17.2 Å². The molecule has 3 nitrogen and oxygen atoms in total. The molecule has 0 radical (unpaired) electrons. The van der Waals surface area contributed by atoms with Gasteiger partial charge >= 0.3 is 0 Å². The van der Waals surface area contributed by atoms with Crippen molar-refractivity contribution in [1.29, 1.82) is 0 Å². The fraction of sp³-hybridized carbons (Fsp3) is 0.524. The number of unbranched alkanes of at least 4 members (excludes halogenated alkanes) is 20. The van der Waals surface area contributed by atoms with E-state index in [1.54, 1.807) is 18.2 Å². The molecule has 3 heteroatoms. The molecular formula is C63H96O3. The summed E-state index contributed by atoms with van der Waals surface area (Å²) in [5.41, 5.74) is 3.75. The molecule has 0 aliphatic heterocycles. The first kappa shape index (κ1) is 59.5. The first-order chi connectivity index (χ1) is 32.5. The molecular weight excluding hydrogens is 805 g/mol. The van der Waals surface area contributed by atoms with Crippen molar-refractivity contribution in [2.24, 2.45) is 0 Å². The number of benzene rings is 3. The average molecular weight is 901 g/mol. The van der Waals surface area contributed by atoms with E-state index in [2.05, 4.69) is 99.4 Å². The van der Waals surface area contributed by atoms with Crippen LogP contribution in [0.1, 0.15) is 210 Å². The average Bonchev–Trinajstić information content (AvgIpc) is 3.31. The van der Waals surface area contributed by atoms with Crippen molar-refractivity contribution >= 4 is 0 Å². The summed E-state index contributed by atoms with van der Waals surface area (Å²) in [6.07, 6.45) is 63.3. The molecule has 0 saturated carbocycles. The van der Waals surface area contributed by atoms with Gasteiger partial charge < -0.3 is 15.3 Å². The third-order valence-corrected chi connectivity index (χ3v) is 11.6. The van der Waals surface area contributed by atoms with Crippen LogP contribution in [0, 0.1) is 0 Å². The number of phenols is 3. The second kappa shape index (κ2) is 47.0. The molecule has 3 aromatic carbocycles. The molecule has 3 N–H and O–H groups in total. The van der Waals surface area contributed by atoms with Crippen LogP contribution >= 0.6 is 0 Å². The Balaban J connectivity index is 0.000000495. The van der Waals surface area contributed by atoms with Gasteiger partial charge in [-0.2, -0.15) is 0 Å². The summed E-state index contributed by atoms with van der Waals surface area (Å²) in [5, 5.41) is 28.2. The fourth-order valence-electron chi connectivity index (χ4n) is 7.68. The zero-order valence-electron chi connectivity index (χ0n) is 42.2. The Bertz CT molecular complexity index is 1680. The van der Waals surface area contributed by atoms with Crippen LogP contribution in [0.2, 0.25) is 0 Å². The molecule has 0 aliphatic carbocycles. The van der Waals surface area contributed by atoms with E-state index in [-0.39, 0.29) is 0 Å². The zero-order valence-corrected chi connectivity index (χ0v) is 42.2. The highest BCUT2D eigenvalue weighted by Crippen LogP contribution is 2.18. The van der Waals surface area contributed by atoms with Crippen molar-refractivity contribution in [3.8, 4) is 17.2 Å². The SMILES string of the molecule is C=CC/C=C\C/C=C\CCCCCCCc1cccc(O)c1.CCC/C=C\C/C=C\CCCCCCCc1cccc(O)c1.CCCCCC/C=C\CCCCCCCc1cccc(O)c1. The molecule has 0 atom stereocenters. The van der Waals surface area contributed by atoms with Crippen LogP contribution in [0.25, 0.3) is 0 Å². The lowest BCUT2D eigenvalue weighted by atomic mass is 10.0. The van der Waals surface area contributed by atoms with E-state index in [0.29, 0.717) is 17.2 Å². The second-order valence-electron chi connectivity index (χ2n) is 17.9. The van der Waals surface area contributed by atoms with Gasteiger partial charge in [-0.3, -0.25) is 0 Å². The Hall–Kier alpha value is -4.50. The van der Waals surface area contributed by atoms with Crippen molar-refractivity contribution in [2.75, 3.05) is 0 Å². The van der Waals surface area contributed by atoms with Gasteiger partial charge in [0.2, 0.25) is 0 Å². The maximum atomic E-state index is 9.41. The predicted molar refractivity (Wildman–Crippen MR) is 292 cm³/mol. The Morgan fingerprint density at radius 3 is 0.985 bits per heavy atom. The van der Waals surface area contributed by atoms with E-state index in [1.165, 1.54) is 177 Å². The largest absolute Gasteiger partial charge is 0.508 e. The van der Waals surface area contributed by atoms with Gasteiger partial charge in [0, 0.05) is 0 Å². The van der Waals surface area contributed by atoms with Crippen molar-refractivity contribution in [2.45, 2.75) is 213 Å². The molecule has 66 heavy (non-hydrogen) atoms. The number of aromatic hydroxyl groups is 3. The smallest absolute Gasteiger partial charge is 0.115 e. The summed E-state index contributed by atoms with van der Waals surface area (Å²) in [6, 6.07) is 22.9. The molecule has 3 rings (SSSR count). The van der Waals surface area contributed by atoms with Gasteiger partial charge in [-0.25, -0.2) is 0 Å². The Morgan fingerprint density at radius 2 is 0.636 bits per heavy atom. The van der Waals surface area contributed by atoms with Gasteiger partial charge in [0.1, 0.15) is 17.2 Å². The first-order valence-electron chi connectivity index (χ1n) is 26.7. The van der Waals surface area contributed by atoms with E-state index in [9.17, 15) is 15.3 Å². The normalized spacial score (nSPS) is 11.5. The molecule has 0 amide bonds. The lowest BCUT2D eigenvalue weighted by molar-refractivity contribution is 0.473. The standard InChI is InChI=1S/C21H34O.C21H32O.C21H30O/c3*1-2-3-4-5-6-7-8-9-10-11-12-13-14-16-20-17-15-18-21(22)19-20/h7-8,15,17-19,22H,2-6,9-14,16H2,1H3;4-5,7-8,15,17-19,22H,2-3,6,9-14,16H2,1H3;2,4-5,7-8,15,17-19,22H,1,3,6,9-14,16H2/b8-7-;2*5-4-,8-7-. The van der Waals surface area contributed by atoms with Crippen LogP contribution < -0.4 is 0 Å². The van der Waals surface area contributed by atoms with E-state index >= 15 is 0 Å². The van der Waals surface area contributed by atoms with Crippen molar-refractivity contribution in [3.05, 3.63) is 163 Å². The second-order valence-corrected chi connectivity index (χ2v) is 17.9. The summed E-state index contributed by atoms with van der Waals surface area (Å²) in [4.78, 5) is 0. The van der Waals surface area contributed by atoms with Crippen molar-refractivity contribution < 1.29 is 15.3 Å². The van der Waals surface area contributed by atoms with Crippen LogP contribution in [0.4, 0.5) is 0 Å². The highest BCUT2D eigenvalue weighted by Gasteiger charge is 1.98. The summed E-state index contributed by atoms with van der Waals surface area (Å²) in [7, 11) is 0. The van der Waals surface area contributed by atoms with E-state index in [0.717, 1.165) is 38.5 Å². The molecule has 3 aromatic rings. The van der Waals surface area contributed by atoms with Gasteiger partial charge in [0.15, 0.2) is 0 Å². The molecule has 0 aliphatic rings. The van der Waals surface area contributed by atoms with E-state index < -0.39 is 0 Å². The highest BCUT2D eigenvalue weighted by molar-refractivity contribution is 5.28. The maximum Gasteiger partial charge on any atom is 0.115 e. The summed E-state index contributed by atoms with van der Waals surface area (Å²) >= 11 is 0. The van der Waals surface area contributed by atoms with Crippen molar-refractivity contribution in [1.82, 2.24) is 0 Å². The van der Waals surface area contributed by atoms with Gasteiger partial charge in [-0.1, -0.05) is 201 Å². The number of hydrogen-bond acceptors (Lipinski definition) is 3. The Labute approximate surface area is 406 Å². The van der Waals surface area contributed by atoms with Gasteiger partial charge in [0.05, 0.1) is 0 Å².